The molecule has 3 aromatic carbocycles. The maximum atomic E-state index is 13.8. The van der Waals surface area contributed by atoms with Gasteiger partial charge >= 0.3 is 0 Å². The number of nitrogens with one attached hydrogen (secondary N) is 1. The summed E-state index contributed by atoms with van der Waals surface area (Å²) in [6.07, 6.45) is 1.36. The van der Waals surface area contributed by atoms with Gasteiger partial charge in [0.25, 0.3) is 5.91 Å². The van der Waals surface area contributed by atoms with E-state index in [-0.39, 0.29) is 17.9 Å². The number of nitriles is 1. The first-order chi connectivity index (χ1) is 15.8. The summed E-state index contributed by atoms with van der Waals surface area (Å²) < 4.78 is 25.6. The van der Waals surface area contributed by atoms with Crippen molar-refractivity contribution in [1.29, 1.82) is 5.26 Å². The SMILES string of the molecule is COc1cc(/C=C(/C#N)C(=O)Nc2ccccc2F)c(Br)cc1OCc1ccc(Cl)cc1Cl. The Kier molecular flexibility index (Phi) is 8.34. The molecule has 0 heterocycles. The Hall–Kier alpha value is -3.05. The molecule has 0 unspecified atom stereocenters. The summed E-state index contributed by atoms with van der Waals surface area (Å²) in [6.45, 7) is 0.169. The first kappa shape index (κ1) is 24.6. The van der Waals surface area contributed by atoms with Crippen LogP contribution >= 0.6 is 39.1 Å². The van der Waals surface area contributed by atoms with Crippen molar-refractivity contribution in [2.75, 3.05) is 12.4 Å². The average Bonchev–Trinajstić information content (AvgIpc) is 2.79. The lowest BCUT2D eigenvalue weighted by atomic mass is 10.1. The van der Waals surface area contributed by atoms with E-state index in [1.54, 1.807) is 36.4 Å². The molecular formula is C24H16BrCl2FN2O3. The van der Waals surface area contributed by atoms with Gasteiger partial charge in [0, 0.05) is 20.1 Å². The zero-order chi connectivity index (χ0) is 24.0. The Bertz CT molecular complexity index is 1280. The van der Waals surface area contributed by atoms with Crippen LogP contribution in [0.1, 0.15) is 11.1 Å². The summed E-state index contributed by atoms with van der Waals surface area (Å²) in [5.41, 5.74) is 0.983. The number of carbonyl (C=O) groups is 1. The molecule has 0 saturated heterocycles. The lowest BCUT2D eigenvalue weighted by Crippen LogP contribution is -2.14. The lowest BCUT2D eigenvalue weighted by Gasteiger charge is -2.14. The predicted molar refractivity (Wildman–Crippen MR) is 130 cm³/mol. The Labute approximate surface area is 208 Å². The summed E-state index contributed by atoms with van der Waals surface area (Å²) in [4.78, 5) is 12.5. The molecule has 0 radical (unpaired) electrons. The molecular weight excluding hydrogens is 534 g/mol. The van der Waals surface area contributed by atoms with E-state index in [1.807, 2.05) is 6.07 Å². The van der Waals surface area contributed by atoms with Crippen LogP contribution in [-0.4, -0.2) is 13.0 Å². The molecule has 9 heteroatoms. The van der Waals surface area contributed by atoms with Gasteiger partial charge in [-0.3, -0.25) is 4.79 Å². The van der Waals surface area contributed by atoms with Gasteiger partial charge in [0.05, 0.1) is 12.8 Å². The molecule has 0 spiro atoms. The maximum absolute atomic E-state index is 13.8. The van der Waals surface area contributed by atoms with Crippen LogP contribution in [0.4, 0.5) is 10.1 Å². The smallest absolute Gasteiger partial charge is 0.266 e. The van der Waals surface area contributed by atoms with E-state index in [0.717, 1.165) is 5.56 Å². The van der Waals surface area contributed by atoms with Crippen LogP contribution in [0, 0.1) is 17.1 Å². The van der Waals surface area contributed by atoms with Crippen molar-refractivity contribution in [2.24, 2.45) is 0 Å². The number of hydrogen-bond acceptors (Lipinski definition) is 4. The Balaban J connectivity index is 1.84. The highest BCUT2D eigenvalue weighted by molar-refractivity contribution is 9.10. The maximum Gasteiger partial charge on any atom is 0.266 e. The van der Waals surface area contributed by atoms with Crippen molar-refractivity contribution in [3.05, 3.63) is 91.6 Å². The largest absolute Gasteiger partial charge is 0.493 e. The number of halogens is 4. The van der Waals surface area contributed by atoms with E-state index in [9.17, 15) is 14.4 Å². The summed E-state index contributed by atoms with van der Waals surface area (Å²) >= 11 is 15.5. The number of hydrogen-bond donors (Lipinski definition) is 1. The average molecular weight is 550 g/mol. The van der Waals surface area contributed by atoms with E-state index in [0.29, 0.717) is 31.6 Å². The van der Waals surface area contributed by atoms with Crippen molar-refractivity contribution in [1.82, 2.24) is 0 Å². The van der Waals surface area contributed by atoms with E-state index < -0.39 is 11.7 Å². The highest BCUT2D eigenvalue weighted by atomic mass is 79.9. The molecule has 33 heavy (non-hydrogen) atoms. The Morgan fingerprint density at radius 2 is 1.94 bits per heavy atom. The summed E-state index contributed by atoms with van der Waals surface area (Å²) in [5.74, 6) is -0.553. The number of carbonyl (C=O) groups excluding carboxylic acids is 1. The number of ether oxygens (including phenoxy) is 2. The van der Waals surface area contributed by atoms with Crippen LogP contribution < -0.4 is 14.8 Å². The molecule has 0 bridgehead atoms. The third-order valence-electron chi connectivity index (χ3n) is 4.47. The second kappa shape index (κ2) is 11.2. The van der Waals surface area contributed by atoms with E-state index in [4.69, 9.17) is 32.7 Å². The van der Waals surface area contributed by atoms with Crippen LogP contribution in [0.15, 0.2) is 64.6 Å². The van der Waals surface area contributed by atoms with Crippen LogP contribution in [0.25, 0.3) is 6.08 Å². The molecule has 0 saturated carbocycles. The van der Waals surface area contributed by atoms with E-state index >= 15 is 0 Å². The molecule has 1 amide bonds. The monoisotopic (exact) mass is 548 g/mol. The van der Waals surface area contributed by atoms with Gasteiger partial charge in [-0.1, -0.05) is 57.3 Å². The van der Waals surface area contributed by atoms with Gasteiger partial charge in [-0.05, 0) is 48.0 Å². The van der Waals surface area contributed by atoms with Gasteiger partial charge in [0.1, 0.15) is 24.1 Å². The molecule has 3 rings (SSSR count). The molecule has 3 aromatic rings. The number of amides is 1. The standard InChI is InChI=1S/C24H16BrCl2FN2O3/c1-32-22-9-15(8-16(12-29)24(31)30-21-5-3-2-4-20(21)28)18(25)11-23(22)33-13-14-6-7-17(26)10-19(14)27/h2-11H,13H2,1H3,(H,30,31)/b16-8-. The fraction of sp³-hybridized carbons (Fsp3) is 0.0833. The molecule has 0 aliphatic carbocycles. The number of rotatable bonds is 7. The zero-order valence-electron chi connectivity index (χ0n) is 17.2. The third kappa shape index (κ3) is 6.26. The van der Waals surface area contributed by atoms with Gasteiger partial charge < -0.3 is 14.8 Å². The number of benzene rings is 3. The molecule has 0 aromatic heterocycles. The fourth-order valence-corrected chi connectivity index (χ4v) is 3.68. The highest BCUT2D eigenvalue weighted by Gasteiger charge is 2.15. The number of para-hydroxylation sites is 1. The van der Waals surface area contributed by atoms with Gasteiger partial charge in [-0.15, -0.1) is 0 Å². The first-order valence-electron chi connectivity index (χ1n) is 9.44. The van der Waals surface area contributed by atoms with Gasteiger partial charge in [-0.25, -0.2) is 4.39 Å². The molecule has 0 atom stereocenters. The minimum absolute atomic E-state index is 0.0232. The van der Waals surface area contributed by atoms with Gasteiger partial charge in [-0.2, -0.15) is 5.26 Å². The van der Waals surface area contributed by atoms with Crippen LogP contribution in [0.3, 0.4) is 0 Å². The van der Waals surface area contributed by atoms with Gasteiger partial charge in [0.15, 0.2) is 11.5 Å². The summed E-state index contributed by atoms with van der Waals surface area (Å²) in [6, 6.07) is 15.9. The third-order valence-corrected chi connectivity index (χ3v) is 5.74. The molecule has 0 fully saturated rings. The first-order valence-corrected chi connectivity index (χ1v) is 11.0. The highest BCUT2D eigenvalue weighted by Crippen LogP contribution is 2.35. The second-order valence-corrected chi connectivity index (χ2v) is 8.35. The molecule has 168 valence electrons. The van der Waals surface area contributed by atoms with Crippen molar-refractivity contribution >= 4 is 56.8 Å². The summed E-state index contributed by atoms with van der Waals surface area (Å²) in [7, 11) is 1.47. The fourth-order valence-electron chi connectivity index (χ4n) is 2.78. The lowest BCUT2D eigenvalue weighted by molar-refractivity contribution is -0.112. The summed E-state index contributed by atoms with van der Waals surface area (Å²) in [5, 5.41) is 12.9. The second-order valence-electron chi connectivity index (χ2n) is 6.65. The van der Waals surface area contributed by atoms with Crippen LogP contribution in [-0.2, 0) is 11.4 Å². The van der Waals surface area contributed by atoms with Crippen LogP contribution in [0.2, 0.25) is 10.0 Å². The number of anilines is 1. The van der Waals surface area contributed by atoms with E-state index in [1.165, 1.54) is 31.4 Å². The number of nitrogens with zero attached hydrogens (tertiary/aromatic N) is 1. The van der Waals surface area contributed by atoms with Gasteiger partial charge in [0.2, 0.25) is 0 Å². The quantitative estimate of drug-likeness (QED) is 0.254. The molecule has 1 N–H and O–H groups in total. The molecule has 0 aliphatic heterocycles. The van der Waals surface area contributed by atoms with Crippen molar-refractivity contribution in [3.63, 3.8) is 0 Å². The number of methoxy groups -OCH3 is 1. The minimum Gasteiger partial charge on any atom is -0.493 e. The molecule has 0 aliphatic rings. The Morgan fingerprint density at radius 1 is 1.18 bits per heavy atom. The van der Waals surface area contributed by atoms with Crippen molar-refractivity contribution in [2.45, 2.75) is 6.61 Å². The topological polar surface area (TPSA) is 71.3 Å². The molecule has 5 nitrogen and oxygen atoms in total. The predicted octanol–water partition coefficient (Wildman–Crippen LogP) is 7.03. The van der Waals surface area contributed by atoms with E-state index in [2.05, 4.69) is 21.2 Å². The van der Waals surface area contributed by atoms with Crippen LogP contribution in [0.5, 0.6) is 11.5 Å². The normalized spacial score (nSPS) is 11.0. The van der Waals surface area contributed by atoms with Crippen molar-refractivity contribution in [3.8, 4) is 17.6 Å². The Morgan fingerprint density at radius 3 is 2.61 bits per heavy atom. The minimum atomic E-state index is -0.744. The zero-order valence-corrected chi connectivity index (χ0v) is 20.3. The van der Waals surface area contributed by atoms with Crippen molar-refractivity contribution < 1.29 is 18.7 Å².